The first kappa shape index (κ1) is 15.3. The second-order valence-corrected chi connectivity index (χ2v) is 5.85. The molecule has 0 atom stereocenters. The van der Waals surface area contributed by atoms with Gasteiger partial charge in [-0.05, 0) is 29.8 Å². The smallest absolute Gasteiger partial charge is 0.320 e. The molecule has 1 aromatic carbocycles. The first-order chi connectivity index (χ1) is 9.97. The molecule has 0 spiro atoms. The predicted octanol–water partition coefficient (Wildman–Crippen LogP) is 3.83. The van der Waals surface area contributed by atoms with Crippen molar-refractivity contribution in [2.75, 3.05) is 11.9 Å². The summed E-state index contributed by atoms with van der Waals surface area (Å²) in [5, 5.41) is 6.26. The molecule has 2 rings (SSSR count). The van der Waals surface area contributed by atoms with E-state index < -0.39 is 0 Å². The molecule has 1 heterocycles. The van der Waals surface area contributed by atoms with E-state index >= 15 is 0 Å². The number of hydrogen-bond donors (Lipinski definition) is 2. The fourth-order valence-corrected chi connectivity index (χ4v) is 2.03. The summed E-state index contributed by atoms with van der Waals surface area (Å²) in [4.78, 5) is 15.9. The van der Waals surface area contributed by atoms with Gasteiger partial charge in [-0.3, -0.25) is 5.32 Å². The van der Waals surface area contributed by atoms with Gasteiger partial charge in [0.25, 0.3) is 0 Å². The second kappa shape index (κ2) is 6.59. The van der Waals surface area contributed by atoms with Crippen molar-refractivity contribution in [3.05, 3.63) is 59.2 Å². The third-order valence-electron chi connectivity index (χ3n) is 3.22. The predicted molar refractivity (Wildman–Crippen MR) is 85.7 cm³/mol. The van der Waals surface area contributed by atoms with Crippen molar-refractivity contribution >= 4 is 23.4 Å². The van der Waals surface area contributed by atoms with E-state index in [2.05, 4.69) is 29.5 Å². The molecule has 21 heavy (non-hydrogen) atoms. The number of aromatic nitrogens is 1. The maximum absolute atomic E-state index is 11.9. The fourth-order valence-electron chi connectivity index (χ4n) is 1.90. The molecule has 0 saturated heterocycles. The number of carbonyl (C=O) groups excluding carboxylic acids is 1. The molecule has 0 saturated carbocycles. The number of nitrogens with zero attached hydrogens (tertiary/aromatic N) is 1. The molecule has 0 aliphatic rings. The number of pyridine rings is 1. The van der Waals surface area contributed by atoms with Gasteiger partial charge in [0.2, 0.25) is 0 Å². The minimum Gasteiger partial charge on any atom is -0.337 e. The molecule has 2 aromatic rings. The van der Waals surface area contributed by atoms with Crippen molar-refractivity contribution in [3.8, 4) is 0 Å². The number of benzene rings is 1. The number of carbonyl (C=O) groups is 1. The van der Waals surface area contributed by atoms with Gasteiger partial charge in [0.05, 0.1) is 0 Å². The number of nitrogens with one attached hydrogen (secondary N) is 2. The minimum absolute atomic E-state index is 0.188. The number of urea groups is 1. The Morgan fingerprint density at radius 2 is 1.90 bits per heavy atom. The number of halogens is 1. The van der Waals surface area contributed by atoms with Crippen LogP contribution in [0.25, 0.3) is 0 Å². The highest BCUT2D eigenvalue weighted by Crippen LogP contribution is 2.23. The van der Waals surface area contributed by atoms with Gasteiger partial charge in [0.1, 0.15) is 5.82 Å². The first-order valence-corrected chi connectivity index (χ1v) is 7.07. The number of hydrogen-bond acceptors (Lipinski definition) is 2. The van der Waals surface area contributed by atoms with Crippen LogP contribution in [0.1, 0.15) is 19.4 Å². The number of rotatable bonds is 4. The molecule has 1 aromatic heterocycles. The van der Waals surface area contributed by atoms with Crippen LogP contribution in [0.5, 0.6) is 0 Å². The number of anilines is 1. The molecule has 2 N–H and O–H groups in total. The van der Waals surface area contributed by atoms with E-state index in [0.717, 1.165) is 5.56 Å². The lowest BCUT2D eigenvalue weighted by molar-refractivity contribution is 0.249. The molecule has 0 unspecified atom stereocenters. The van der Waals surface area contributed by atoms with Crippen LogP contribution in [-0.2, 0) is 5.41 Å². The molecule has 110 valence electrons. The van der Waals surface area contributed by atoms with Gasteiger partial charge < -0.3 is 5.32 Å². The van der Waals surface area contributed by atoms with Gasteiger partial charge in [-0.1, -0.05) is 43.6 Å². The summed E-state index contributed by atoms with van der Waals surface area (Å²) in [6.07, 6.45) is 1.63. The van der Waals surface area contributed by atoms with E-state index in [1.54, 1.807) is 18.3 Å². The van der Waals surface area contributed by atoms with E-state index in [1.807, 2.05) is 30.3 Å². The zero-order chi connectivity index (χ0) is 15.3. The molecule has 0 aliphatic heterocycles. The highest BCUT2D eigenvalue weighted by Gasteiger charge is 2.21. The Labute approximate surface area is 129 Å². The molecule has 0 radical (unpaired) electrons. The quantitative estimate of drug-likeness (QED) is 0.902. The first-order valence-electron chi connectivity index (χ1n) is 6.69. The van der Waals surface area contributed by atoms with Crippen LogP contribution in [-0.4, -0.2) is 17.6 Å². The van der Waals surface area contributed by atoms with Crippen molar-refractivity contribution in [2.45, 2.75) is 19.3 Å². The van der Waals surface area contributed by atoms with Crippen molar-refractivity contribution in [1.29, 1.82) is 0 Å². The summed E-state index contributed by atoms with van der Waals surface area (Å²) >= 11 is 5.89. The Bertz CT molecular complexity index is 597. The standard InChI is InChI=1S/C16H18ClN3O/c1-16(2,12-6-8-13(17)9-7-12)11-19-15(21)20-14-5-3-4-10-18-14/h3-10H,11H2,1-2H3,(H2,18,19,20,21). The maximum Gasteiger partial charge on any atom is 0.320 e. The largest absolute Gasteiger partial charge is 0.337 e. The van der Waals surface area contributed by atoms with Crippen LogP contribution in [0.3, 0.4) is 0 Å². The van der Waals surface area contributed by atoms with Crippen LogP contribution in [0, 0.1) is 0 Å². The van der Waals surface area contributed by atoms with Gasteiger partial charge in [-0.15, -0.1) is 0 Å². The highest BCUT2D eigenvalue weighted by molar-refractivity contribution is 6.30. The van der Waals surface area contributed by atoms with Gasteiger partial charge in [-0.2, -0.15) is 0 Å². The summed E-state index contributed by atoms with van der Waals surface area (Å²) in [5.74, 6) is 0.527. The number of amides is 2. The van der Waals surface area contributed by atoms with Crippen molar-refractivity contribution in [3.63, 3.8) is 0 Å². The van der Waals surface area contributed by atoms with E-state index in [-0.39, 0.29) is 11.4 Å². The normalized spacial score (nSPS) is 11.0. The van der Waals surface area contributed by atoms with E-state index in [4.69, 9.17) is 11.6 Å². The van der Waals surface area contributed by atoms with Crippen LogP contribution in [0.2, 0.25) is 5.02 Å². The lowest BCUT2D eigenvalue weighted by Crippen LogP contribution is -2.39. The second-order valence-electron chi connectivity index (χ2n) is 5.41. The van der Waals surface area contributed by atoms with Crippen LogP contribution in [0.4, 0.5) is 10.6 Å². The summed E-state index contributed by atoms with van der Waals surface area (Å²) in [6.45, 7) is 4.64. The Kier molecular flexibility index (Phi) is 4.81. The fraction of sp³-hybridized carbons (Fsp3) is 0.250. The minimum atomic E-state index is -0.268. The van der Waals surface area contributed by atoms with Crippen LogP contribution in [0.15, 0.2) is 48.7 Å². The lowest BCUT2D eigenvalue weighted by atomic mass is 9.85. The van der Waals surface area contributed by atoms with Crippen LogP contribution < -0.4 is 10.6 Å². The summed E-state index contributed by atoms with van der Waals surface area (Å²) in [6, 6.07) is 12.7. The SMILES string of the molecule is CC(C)(CNC(=O)Nc1ccccn1)c1ccc(Cl)cc1. The van der Waals surface area contributed by atoms with Crippen molar-refractivity contribution < 1.29 is 4.79 Å². The van der Waals surface area contributed by atoms with Gasteiger partial charge in [0, 0.05) is 23.2 Å². The third kappa shape index (κ3) is 4.46. The average molecular weight is 304 g/mol. The van der Waals surface area contributed by atoms with E-state index in [0.29, 0.717) is 17.4 Å². The maximum atomic E-state index is 11.9. The van der Waals surface area contributed by atoms with E-state index in [9.17, 15) is 4.79 Å². The summed E-state index contributed by atoms with van der Waals surface area (Å²) < 4.78 is 0. The molecule has 5 heteroatoms. The van der Waals surface area contributed by atoms with Gasteiger partial charge in [0.15, 0.2) is 0 Å². The van der Waals surface area contributed by atoms with Crippen molar-refractivity contribution in [2.24, 2.45) is 0 Å². The highest BCUT2D eigenvalue weighted by atomic mass is 35.5. The molecular formula is C16H18ClN3O. The van der Waals surface area contributed by atoms with E-state index in [1.165, 1.54) is 0 Å². The Balaban J connectivity index is 1.92. The molecule has 4 nitrogen and oxygen atoms in total. The van der Waals surface area contributed by atoms with Gasteiger partial charge in [-0.25, -0.2) is 9.78 Å². The molecule has 0 bridgehead atoms. The molecule has 0 aliphatic carbocycles. The topological polar surface area (TPSA) is 54.0 Å². The summed E-state index contributed by atoms with van der Waals surface area (Å²) in [7, 11) is 0. The summed E-state index contributed by atoms with van der Waals surface area (Å²) in [5.41, 5.74) is 0.927. The van der Waals surface area contributed by atoms with Crippen LogP contribution >= 0.6 is 11.6 Å². The molecular weight excluding hydrogens is 286 g/mol. The molecule has 0 fully saturated rings. The Hall–Kier alpha value is -2.07. The lowest BCUT2D eigenvalue weighted by Gasteiger charge is -2.25. The third-order valence-corrected chi connectivity index (χ3v) is 3.48. The Morgan fingerprint density at radius 1 is 1.19 bits per heavy atom. The molecule has 2 amide bonds. The van der Waals surface area contributed by atoms with Crippen molar-refractivity contribution in [1.82, 2.24) is 10.3 Å². The Morgan fingerprint density at radius 3 is 2.52 bits per heavy atom. The monoisotopic (exact) mass is 303 g/mol. The zero-order valence-electron chi connectivity index (χ0n) is 12.1. The zero-order valence-corrected chi connectivity index (χ0v) is 12.8. The van der Waals surface area contributed by atoms with Gasteiger partial charge >= 0.3 is 6.03 Å². The average Bonchev–Trinajstić information content (AvgIpc) is 2.47.